The minimum atomic E-state index is -0.790. The molecule has 166 valence electrons. The lowest BCUT2D eigenvalue weighted by Crippen LogP contribution is -2.15. The molecule has 3 aromatic rings. The largest absolute Gasteiger partial charge is 0.454 e. The second-order valence-corrected chi connectivity index (χ2v) is 7.41. The maximum Gasteiger partial charge on any atom is 0.338 e. The molecule has 0 fully saturated rings. The average Bonchev–Trinajstić information content (AvgIpc) is 3.09. The van der Waals surface area contributed by atoms with Gasteiger partial charge in [-0.1, -0.05) is 30.3 Å². The van der Waals surface area contributed by atoms with Gasteiger partial charge in [0.25, 0.3) is 5.69 Å². The lowest BCUT2D eigenvalue weighted by Gasteiger charge is -2.10. The number of aromatic nitrogens is 1. The molecule has 0 unspecified atom stereocenters. The second kappa shape index (κ2) is 9.91. The number of Topliss-reactive ketones (excluding diaryl/α,β-unsaturated/α-hetero) is 1. The lowest BCUT2D eigenvalue weighted by atomic mass is 10.1. The molecule has 0 aliphatic heterocycles. The Morgan fingerprint density at radius 2 is 1.81 bits per heavy atom. The number of ketones is 1. The quantitative estimate of drug-likeness (QED) is 0.232. The molecule has 1 N–H and O–H groups in total. The van der Waals surface area contributed by atoms with E-state index < -0.39 is 17.5 Å². The van der Waals surface area contributed by atoms with Gasteiger partial charge in [-0.15, -0.1) is 0 Å². The smallest absolute Gasteiger partial charge is 0.338 e. The van der Waals surface area contributed by atoms with Gasteiger partial charge in [-0.3, -0.25) is 14.9 Å². The van der Waals surface area contributed by atoms with Gasteiger partial charge in [0, 0.05) is 36.6 Å². The molecule has 0 saturated carbocycles. The van der Waals surface area contributed by atoms with Crippen molar-refractivity contribution in [3.8, 4) is 0 Å². The Morgan fingerprint density at radius 1 is 1.09 bits per heavy atom. The van der Waals surface area contributed by atoms with E-state index in [1.54, 1.807) is 13.1 Å². The number of nitrogens with one attached hydrogen (secondary N) is 1. The number of aryl methyl sites for hydroxylation is 2. The first-order valence-electron chi connectivity index (χ1n) is 10.2. The van der Waals surface area contributed by atoms with E-state index in [0.29, 0.717) is 5.56 Å². The Morgan fingerprint density at radius 3 is 2.47 bits per heavy atom. The van der Waals surface area contributed by atoms with Gasteiger partial charge < -0.3 is 14.6 Å². The normalized spacial score (nSPS) is 10.6. The van der Waals surface area contributed by atoms with Crippen LogP contribution in [0.15, 0.2) is 54.6 Å². The van der Waals surface area contributed by atoms with Crippen molar-refractivity contribution in [1.82, 2.24) is 4.57 Å². The summed E-state index contributed by atoms with van der Waals surface area (Å²) >= 11 is 0. The third kappa shape index (κ3) is 5.03. The Balaban J connectivity index is 1.67. The molecule has 8 heteroatoms. The Bertz CT molecular complexity index is 1150. The van der Waals surface area contributed by atoms with E-state index in [-0.39, 0.29) is 22.7 Å². The van der Waals surface area contributed by atoms with Crippen LogP contribution >= 0.6 is 0 Å². The number of carbonyl (C=O) groups excluding carboxylic acids is 2. The highest BCUT2D eigenvalue weighted by molar-refractivity contribution is 6.00. The summed E-state index contributed by atoms with van der Waals surface area (Å²) in [6.07, 6.45) is 0.835. The van der Waals surface area contributed by atoms with Gasteiger partial charge in [0.2, 0.25) is 5.78 Å². The number of esters is 1. The number of nitro groups is 1. The molecule has 0 aliphatic rings. The number of nitro benzene ring substituents is 1. The molecular formula is C24H25N3O5. The molecule has 1 aromatic heterocycles. The van der Waals surface area contributed by atoms with E-state index >= 15 is 0 Å². The summed E-state index contributed by atoms with van der Waals surface area (Å²) in [5.41, 5.74) is 3.53. The summed E-state index contributed by atoms with van der Waals surface area (Å²) in [4.78, 5) is 35.7. The van der Waals surface area contributed by atoms with Gasteiger partial charge in [-0.25, -0.2) is 4.79 Å². The highest BCUT2D eigenvalue weighted by Gasteiger charge is 2.20. The molecular weight excluding hydrogens is 410 g/mol. The topological polar surface area (TPSA) is 103 Å². The van der Waals surface area contributed by atoms with E-state index in [1.165, 1.54) is 17.7 Å². The van der Waals surface area contributed by atoms with E-state index in [1.807, 2.05) is 32.0 Å². The molecule has 0 bridgehead atoms. The first kappa shape index (κ1) is 22.7. The summed E-state index contributed by atoms with van der Waals surface area (Å²) in [5, 5.41) is 13.9. The van der Waals surface area contributed by atoms with Crippen LogP contribution in [0.1, 0.15) is 37.7 Å². The molecule has 32 heavy (non-hydrogen) atoms. The molecule has 8 nitrogen and oxygen atoms in total. The summed E-state index contributed by atoms with van der Waals surface area (Å²) < 4.78 is 7.22. The zero-order valence-electron chi connectivity index (χ0n) is 18.3. The summed E-state index contributed by atoms with van der Waals surface area (Å²) in [6.45, 7) is 4.09. The Hall–Kier alpha value is -3.94. The highest BCUT2D eigenvalue weighted by Crippen LogP contribution is 2.25. The van der Waals surface area contributed by atoms with Crippen LogP contribution in [0.5, 0.6) is 0 Å². The standard InChI is InChI=1S/C24H25N3O5/c1-16-13-20(17(2)26(16)12-11-18-7-5-4-6-8-18)23(28)15-32-24(29)19-9-10-21(25-3)22(14-19)27(30)31/h4-10,13-14,25H,11-12,15H2,1-3H3. The second-order valence-electron chi connectivity index (χ2n) is 7.41. The van der Waals surface area contributed by atoms with Gasteiger partial charge in [0.05, 0.1) is 10.5 Å². The summed E-state index contributed by atoms with van der Waals surface area (Å²) in [5.74, 6) is -1.11. The van der Waals surface area contributed by atoms with Crippen LogP contribution < -0.4 is 5.32 Å². The van der Waals surface area contributed by atoms with Crippen LogP contribution in [0, 0.1) is 24.0 Å². The Labute approximate surface area is 186 Å². The van der Waals surface area contributed by atoms with Crippen molar-refractivity contribution in [1.29, 1.82) is 0 Å². The van der Waals surface area contributed by atoms with E-state index in [9.17, 15) is 19.7 Å². The monoisotopic (exact) mass is 435 g/mol. The SMILES string of the molecule is CNc1ccc(C(=O)OCC(=O)c2cc(C)n(CCc3ccccc3)c2C)cc1[N+](=O)[O-]. The average molecular weight is 435 g/mol. The lowest BCUT2D eigenvalue weighted by molar-refractivity contribution is -0.384. The third-order valence-corrected chi connectivity index (χ3v) is 5.37. The summed E-state index contributed by atoms with van der Waals surface area (Å²) in [7, 11) is 1.55. The number of hydrogen-bond acceptors (Lipinski definition) is 6. The maximum atomic E-state index is 12.7. The number of anilines is 1. The molecule has 3 rings (SSSR count). The number of benzene rings is 2. The van der Waals surface area contributed by atoms with Crippen molar-refractivity contribution < 1.29 is 19.2 Å². The Kier molecular flexibility index (Phi) is 7.04. The minimum Gasteiger partial charge on any atom is -0.454 e. The van der Waals surface area contributed by atoms with Gasteiger partial charge in [-0.2, -0.15) is 0 Å². The zero-order valence-corrected chi connectivity index (χ0v) is 18.3. The predicted octanol–water partition coefficient (Wildman–Crippen LogP) is 4.34. The van der Waals surface area contributed by atoms with Gasteiger partial charge in [-0.05, 0) is 44.0 Å². The van der Waals surface area contributed by atoms with Crippen molar-refractivity contribution >= 4 is 23.1 Å². The van der Waals surface area contributed by atoms with Crippen LogP contribution in [0.2, 0.25) is 0 Å². The fourth-order valence-corrected chi connectivity index (χ4v) is 3.63. The first-order valence-corrected chi connectivity index (χ1v) is 10.2. The fourth-order valence-electron chi connectivity index (χ4n) is 3.63. The number of nitrogens with zero attached hydrogens (tertiary/aromatic N) is 2. The van der Waals surface area contributed by atoms with E-state index in [4.69, 9.17) is 4.74 Å². The molecule has 0 aliphatic carbocycles. The maximum absolute atomic E-state index is 12.7. The first-order chi connectivity index (χ1) is 15.3. The van der Waals surface area contributed by atoms with Gasteiger partial charge in [0.1, 0.15) is 5.69 Å². The molecule has 0 radical (unpaired) electrons. The molecule has 0 saturated heterocycles. The highest BCUT2D eigenvalue weighted by atomic mass is 16.6. The molecule has 0 spiro atoms. The third-order valence-electron chi connectivity index (χ3n) is 5.37. The zero-order chi connectivity index (χ0) is 23.3. The molecule has 0 atom stereocenters. The van der Waals surface area contributed by atoms with E-state index in [2.05, 4.69) is 22.0 Å². The van der Waals surface area contributed by atoms with Crippen LogP contribution in [-0.2, 0) is 17.7 Å². The minimum absolute atomic E-state index is 0.0110. The van der Waals surface area contributed by atoms with Crippen LogP contribution in [0.3, 0.4) is 0 Å². The van der Waals surface area contributed by atoms with Crippen molar-refractivity contribution in [2.75, 3.05) is 19.0 Å². The number of rotatable bonds is 9. The van der Waals surface area contributed by atoms with Crippen LogP contribution in [0.25, 0.3) is 0 Å². The van der Waals surface area contributed by atoms with Crippen molar-refractivity contribution in [3.05, 3.63) is 92.8 Å². The molecule has 0 amide bonds. The predicted molar refractivity (Wildman–Crippen MR) is 121 cm³/mol. The van der Waals surface area contributed by atoms with Gasteiger partial charge >= 0.3 is 5.97 Å². The fraction of sp³-hybridized carbons (Fsp3) is 0.250. The van der Waals surface area contributed by atoms with Gasteiger partial charge in [0.15, 0.2) is 6.61 Å². The number of hydrogen-bond donors (Lipinski definition) is 1. The van der Waals surface area contributed by atoms with Crippen LogP contribution in [0.4, 0.5) is 11.4 Å². The number of ether oxygens (including phenoxy) is 1. The van der Waals surface area contributed by atoms with E-state index in [0.717, 1.165) is 30.4 Å². The van der Waals surface area contributed by atoms with Crippen molar-refractivity contribution in [2.45, 2.75) is 26.8 Å². The summed E-state index contributed by atoms with van der Waals surface area (Å²) in [6, 6.07) is 15.9. The molecule has 2 aromatic carbocycles. The molecule has 1 heterocycles. The van der Waals surface area contributed by atoms with Crippen molar-refractivity contribution in [2.24, 2.45) is 0 Å². The van der Waals surface area contributed by atoms with Crippen molar-refractivity contribution in [3.63, 3.8) is 0 Å². The van der Waals surface area contributed by atoms with Crippen LogP contribution in [-0.4, -0.2) is 34.9 Å². The number of carbonyl (C=O) groups is 2.